The maximum atomic E-state index is 2.38. The van der Waals surface area contributed by atoms with Gasteiger partial charge in [0.1, 0.15) is 0 Å². The summed E-state index contributed by atoms with van der Waals surface area (Å²) in [5.41, 5.74) is 4.95. The van der Waals surface area contributed by atoms with Crippen molar-refractivity contribution >= 4 is 0 Å². The molecule has 3 aliphatic rings. The van der Waals surface area contributed by atoms with Crippen LogP contribution in [0.5, 0.6) is 0 Å². The van der Waals surface area contributed by atoms with E-state index in [1.165, 1.54) is 25.7 Å². The number of fused-ring (bicyclic) bond motifs is 3. The largest absolute Gasteiger partial charge is 0.0693 e. The first-order chi connectivity index (χ1) is 4.36. The van der Waals surface area contributed by atoms with Crippen LogP contribution in [0.3, 0.4) is 0 Å². The predicted molar refractivity (Wildman–Crippen MR) is 39.3 cm³/mol. The topological polar surface area (TPSA) is 0 Å². The van der Waals surface area contributed by atoms with Crippen molar-refractivity contribution < 1.29 is 0 Å². The van der Waals surface area contributed by atoms with Crippen molar-refractivity contribution in [3.63, 3.8) is 0 Å². The fourth-order valence-electron chi connectivity index (χ4n) is 1.82. The number of hydrogen-bond donors (Lipinski definition) is 0. The van der Waals surface area contributed by atoms with E-state index < -0.39 is 0 Å². The first-order valence-electron chi connectivity index (χ1n) is 3.74. The molecule has 0 aromatic carbocycles. The lowest BCUT2D eigenvalue weighted by molar-refractivity contribution is 0.699. The molecule has 1 fully saturated rings. The molecular weight excluding hydrogens is 108 g/mol. The van der Waals surface area contributed by atoms with Gasteiger partial charge in [-0.2, -0.15) is 0 Å². The summed E-state index contributed by atoms with van der Waals surface area (Å²) in [5, 5.41) is 0. The SMILES string of the molecule is CC1=C2CCC(=C1)CC2. The molecule has 1 saturated carbocycles. The third kappa shape index (κ3) is 0.735. The first kappa shape index (κ1) is 5.28. The van der Waals surface area contributed by atoms with Gasteiger partial charge >= 0.3 is 0 Å². The number of rotatable bonds is 0. The lowest BCUT2D eigenvalue weighted by Gasteiger charge is -2.24. The monoisotopic (exact) mass is 120 g/mol. The fourth-order valence-corrected chi connectivity index (χ4v) is 1.82. The minimum atomic E-state index is 1.35. The van der Waals surface area contributed by atoms with Gasteiger partial charge < -0.3 is 0 Å². The smallest absolute Gasteiger partial charge is 0.0277 e. The molecular formula is C9H12. The molecule has 0 radical (unpaired) electrons. The maximum Gasteiger partial charge on any atom is -0.0277 e. The summed E-state index contributed by atoms with van der Waals surface area (Å²) in [5.74, 6) is 0. The van der Waals surface area contributed by atoms with Gasteiger partial charge in [-0.15, -0.1) is 0 Å². The molecule has 0 saturated heterocycles. The average molecular weight is 120 g/mol. The number of hydrogen-bond acceptors (Lipinski definition) is 0. The van der Waals surface area contributed by atoms with Crippen LogP contribution >= 0.6 is 0 Å². The summed E-state index contributed by atoms with van der Waals surface area (Å²) >= 11 is 0. The summed E-state index contributed by atoms with van der Waals surface area (Å²) in [4.78, 5) is 0. The van der Waals surface area contributed by atoms with Crippen LogP contribution in [0.1, 0.15) is 32.6 Å². The molecule has 48 valence electrons. The van der Waals surface area contributed by atoms with Gasteiger partial charge in [-0.25, -0.2) is 0 Å². The quantitative estimate of drug-likeness (QED) is 0.461. The van der Waals surface area contributed by atoms with Crippen molar-refractivity contribution in [2.75, 3.05) is 0 Å². The second-order valence-electron chi connectivity index (χ2n) is 3.09. The molecule has 0 aliphatic heterocycles. The van der Waals surface area contributed by atoms with Gasteiger partial charge in [0.05, 0.1) is 0 Å². The molecule has 3 rings (SSSR count). The van der Waals surface area contributed by atoms with Gasteiger partial charge in [-0.05, 0) is 32.6 Å². The maximum absolute atomic E-state index is 2.38. The Bertz CT molecular complexity index is 182. The van der Waals surface area contributed by atoms with Gasteiger partial charge in [0, 0.05) is 0 Å². The molecule has 0 atom stereocenters. The number of allylic oxidation sites excluding steroid dienone is 4. The molecule has 0 amide bonds. The summed E-state index contributed by atoms with van der Waals surface area (Å²) in [6, 6.07) is 0. The van der Waals surface area contributed by atoms with Gasteiger partial charge in [0.25, 0.3) is 0 Å². The molecule has 0 heteroatoms. The lowest BCUT2D eigenvalue weighted by Crippen LogP contribution is -2.05. The molecule has 0 aromatic rings. The minimum absolute atomic E-state index is 1.35. The van der Waals surface area contributed by atoms with Crippen LogP contribution in [0.4, 0.5) is 0 Å². The van der Waals surface area contributed by atoms with Crippen LogP contribution in [0.25, 0.3) is 0 Å². The highest BCUT2D eigenvalue weighted by Crippen LogP contribution is 2.35. The third-order valence-electron chi connectivity index (χ3n) is 2.47. The van der Waals surface area contributed by atoms with Crippen molar-refractivity contribution in [3.05, 3.63) is 22.8 Å². The zero-order valence-electron chi connectivity index (χ0n) is 5.91. The molecule has 0 N–H and O–H groups in total. The molecule has 3 aliphatic carbocycles. The van der Waals surface area contributed by atoms with E-state index in [0.717, 1.165) is 0 Å². The first-order valence-corrected chi connectivity index (χ1v) is 3.74. The second kappa shape index (κ2) is 1.73. The third-order valence-corrected chi connectivity index (χ3v) is 2.47. The van der Waals surface area contributed by atoms with Crippen LogP contribution in [0.15, 0.2) is 22.8 Å². The molecule has 0 aromatic heterocycles. The summed E-state index contributed by atoms with van der Waals surface area (Å²) in [6.07, 6.45) is 7.80. The Hall–Kier alpha value is -0.520. The van der Waals surface area contributed by atoms with Crippen LogP contribution in [0.2, 0.25) is 0 Å². The van der Waals surface area contributed by atoms with Gasteiger partial charge in [0.2, 0.25) is 0 Å². The molecule has 0 nitrogen and oxygen atoms in total. The van der Waals surface area contributed by atoms with Crippen LogP contribution in [-0.2, 0) is 0 Å². The Morgan fingerprint density at radius 3 is 2.00 bits per heavy atom. The molecule has 0 heterocycles. The average Bonchev–Trinajstić information content (AvgIpc) is 1.90. The fraction of sp³-hybridized carbons (Fsp3) is 0.556. The van der Waals surface area contributed by atoms with E-state index in [4.69, 9.17) is 0 Å². The van der Waals surface area contributed by atoms with E-state index in [-0.39, 0.29) is 0 Å². The zero-order valence-corrected chi connectivity index (χ0v) is 5.91. The van der Waals surface area contributed by atoms with E-state index in [1.807, 2.05) is 0 Å². The standard InChI is InChI=1S/C9H12/c1-7-6-8-2-4-9(7)5-3-8/h6H,2-5H2,1H3. The van der Waals surface area contributed by atoms with Crippen LogP contribution in [0, 0.1) is 0 Å². The highest BCUT2D eigenvalue weighted by atomic mass is 14.2. The summed E-state index contributed by atoms with van der Waals surface area (Å²) in [6.45, 7) is 2.24. The molecule has 9 heavy (non-hydrogen) atoms. The minimum Gasteiger partial charge on any atom is -0.0693 e. The van der Waals surface area contributed by atoms with Crippen LogP contribution in [-0.4, -0.2) is 0 Å². The molecule has 0 spiro atoms. The van der Waals surface area contributed by atoms with Gasteiger partial charge in [0.15, 0.2) is 0 Å². The normalized spacial score (nSPS) is 24.8. The van der Waals surface area contributed by atoms with Crippen molar-refractivity contribution in [1.29, 1.82) is 0 Å². The second-order valence-corrected chi connectivity index (χ2v) is 3.09. The Labute approximate surface area is 56.3 Å². The van der Waals surface area contributed by atoms with Crippen molar-refractivity contribution in [1.82, 2.24) is 0 Å². The predicted octanol–water partition coefficient (Wildman–Crippen LogP) is 2.82. The highest BCUT2D eigenvalue weighted by molar-refractivity contribution is 5.36. The Balaban J connectivity index is 2.41. The van der Waals surface area contributed by atoms with E-state index in [2.05, 4.69) is 13.0 Å². The highest BCUT2D eigenvalue weighted by Gasteiger charge is 2.16. The van der Waals surface area contributed by atoms with E-state index in [9.17, 15) is 0 Å². The van der Waals surface area contributed by atoms with Gasteiger partial charge in [-0.1, -0.05) is 22.8 Å². The van der Waals surface area contributed by atoms with Gasteiger partial charge in [-0.3, -0.25) is 0 Å². The van der Waals surface area contributed by atoms with E-state index >= 15 is 0 Å². The molecule has 0 unspecified atom stereocenters. The van der Waals surface area contributed by atoms with E-state index in [0.29, 0.717) is 0 Å². The van der Waals surface area contributed by atoms with Crippen molar-refractivity contribution in [2.24, 2.45) is 0 Å². The van der Waals surface area contributed by atoms with Crippen LogP contribution < -0.4 is 0 Å². The summed E-state index contributed by atoms with van der Waals surface area (Å²) < 4.78 is 0. The Morgan fingerprint density at radius 2 is 1.78 bits per heavy atom. The Kier molecular flexibility index (Phi) is 1.01. The zero-order chi connectivity index (χ0) is 6.27. The lowest BCUT2D eigenvalue weighted by atomic mass is 9.82. The van der Waals surface area contributed by atoms with Crippen molar-refractivity contribution in [3.8, 4) is 0 Å². The van der Waals surface area contributed by atoms with Crippen molar-refractivity contribution in [2.45, 2.75) is 32.6 Å². The summed E-state index contributed by atoms with van der Waals surface area (Å²) in [7, 11) is 0. The Morgan fingerprint density at radius 1 is 1.11 bits per heavy atom. The van der Waals surface area contributed by atoms with E-state index in [1.54, 1.807) is 16.7 Å². The molecule has 2 bridgehead atoms.